The van der Waals surface area contributed by atoms with Gasteiger partial charge in [0.05, 0.1) is 23.0 Å². The molecule has 1 aliphatic rings. The minimum absolute atomic E-state index is 0.111. The zero-order chi connectivity index (χ0) is 22.0. The Morgan fingerprint density at radius 3 is 2.26 bits per heavy atom. The van der Waals surface area contributed by atoms with Gasteiger partial charge in [0.1, 0.15) is 5.75 Å². The second-order valence-corrected chi connectivity index (χ2v) is 9.79. The number of hydrogen-bond acceptors (Lipinski definition) is 5. The number of nitrogens with one attached hydrogen (secondary N) is 2. The first kappa shape index (κ1) is 21.3. The smallest absolute Gasteiger partial charge is 0.314 e. The number of ether oxygens (including phenoxy) is 1. The van der Waals surface area contributed by atoms with Crippen LogP contribution >= 0.6 is 0 Å². The number of rotatable bonds is 6. The Balaban J connectivity index is 1.40. The molecule has 0 bridgehead atoms. The second-order valence-electron chi connectivity index (χ2n) is 7.85. The third-order valence-electron chi connectivity index (χ3n) is 5.91. The first-order valence-corrected chi connectivity index (χ1v) is 11.7. The van der Waals surface area contributed by atoms with Crippen LogP contribution in [0.15, 0.2) is 56.9 Å². The fourth-order valence-electron chi connectivity index (χ4n) is 4.00. The van der Waals surface area contributed by atoms with E-state index in [0.717, 1.165) is 31.4 Å². The van der Waals surface area contributed by atoms with E-state index < -0.39 is 21.1 Å². The van der Waals surface area contributed by atoms with Gasteiger partial charge in [0.15, 0.2) is 0 Å². The van der Waals surface area contributed by atoms with Gasteiger partial charge in [0, 0.05) is 13.1 Å². The van der Waals surface area contributed by atoms with Crippen molar-refractivity contribution in [2.75, 3.05) is 20.2 Å². The summed E-state index contributed by atoms with van der Waals surface area (Å²) in [6.45, 7) is 0.936. The lowest BCUT2D eigenvalue weighted by molar-refractivity contribution is 0.263. The number of sulfonamides is 1. The Bertz CT molecular complexity index is 1290. The van der Waals surface area contributed by atoms with E-state index in [1.165, 1.54) is 28.1 Å². The molecule has 0 unspecified atom stereocenters. The molecular weight excluding hydrogens is 418 g/mol. The third-order valence-corrected chi connectivity index (χ3v) is 7.80. The standard InChI is InChI=1S/C22H25N3O5S/c1-30-17-6-4-15(5-7-17)2-3-16-10-12-25(13-11-16)31(28,29)18-8-9-19-20(14-18)24-22(27)21(26)23-19/h4-9,14,16H,2-3,10-13H2,1H3,(H,23,26)(H,24,27). The maximum atomic E-state index is 13.1. The molecule has 2 aromatic carbocycles. The maximum absolute atomic E-state index is 13.1. The molecule has 4 rings (SSSR count). The Kier molecular flexibility index (Phi) is 5.97. The number of benzene rings is 2. The summed E-state index contributed by atoms with van der Waals surface area (Å²) in [6.07, 6.45) is 3.60. The van der Waals surface area contributed by atoms with Crippen molar-refractivity contribution in [2.45, 2.75) is 30.6 Å². The lowest BCUT2D eigenvalue weighted by atomic mass is 9.91. The van der Waals surface area contributed by atoms with Gasteiger partial charge in [-0.3, -0.25) is 9.59 Å². The van der Waals surface area contributed by atoms with Gasteiger partial charge in [-0.15, -0.1) is 0 Å². The summed E-state index contributed by atoms with van der Waals surface area (Å²) in [6, 6.07) is 12.4. The maximum Gasteiger partial charge on any atom is 0.314 e. The molecular formula is C22H25N3O5S. The molecule has 3 aromatic rings. The van der Waals surface area contributed by atoms with Gasteiger partial charge in [-0.05, 0) is 67.5 Å². The van der Waals surface area contributed by atoms with Crippen molar-refractivity contribution in [1.82, 2.24) is 14.3 Å². The highest BCUT2D eigenvalue weighted by Crippen LogP contribution is 2.27. The molecule has 0 amide bonds. The van der Waals surface area contributed by atoms with Crippen molar-refractivity contribution in [2.24, 2.45) is 5.92 Å². The zero-order valence-corrected chi connectivity index (χ0v) is 18.1. The number of aromatic nitrogens is 2. The summed E-state index contributed by atoms with van der Waals surface area (Å²) in [7, 11) is -2.02. The molecule has 9 heteroatoms. The molecule has 2 N–H and O–H groups in total. The van der Waals surface area contributed by atoms with Crippen LogP contribution in [-0.2, 0) is 16.4 Å². The molecule has 0 radical (unpaired) electrons. The number of methoxy groups -OCH3 is 1. The van der Waals surface area contributed by atoms with Crippen LogP contribution in [0, 0.1) is 5.92 Å². The Morgan fingerprint density at radius 1 is 0.968 bits per heavy atom. The largest absolute Gasteiger partial charge is 0.497 e. The molecule has 1 aromatic heterocycles. The molecule has 0 saturated carbocycles. The van der Waals surface area contributed by atoms with Crippen LogP contribution in [0.2, 0.25) is 0 Å². The highest BCUT2D eigenvalue weighted by molar-refractivity contribution is 7.89. The summed E-state index contributed by atoms with van der Waals surface area (Å²) in [4.78, 5) is 28.0. The minimum Gasteiger partial charge on any atom is -0.497 e. The van der Waals surface area contributed by atoms with Crippen molar-refractivity contribution < 1.29 is 13.2 Å². The summed E-state index contributed by atoms with van der Waals surface area (Å²) >= 11 is 0. The fourth-order valence-corrected chi connectivity index (χ4v) is 5.50. The normalized spacial score (nSPS) is 15.9. The fraction of sp³-hybridized carbons (Fsp3) is 0.364. The van der Waals surface area contributed by atoms with Gasteiger partial charge >= 0.3 is 11.1 Å². The van der Waals surface area contributed by atoms with E-state index in [2.05, 4.69) is 22.1 Å². The van der Waals surface area contributed by atoms with Crippen molar-refractivity contribution in [1.29, 1.82) is 0 Å². The number of nitrogens with zero attached hydrogens (tertiary/aromatic N) is 1. The third kappa shape index (κ3) is 4.57. The van der Waals surface area contributed by atoms with Gasteiger partial charge in [-0.1, -0.05) is 12.1 Å². The molecule has 1 saturated heterocycles. The minimum atomic E-state index is -3.67. The average molecular weight is 444 g/mol. The van der Waals surface area contributed by atoms with Gasteiger partial charge in [-0.25, -0.2) is 8.42 Å². The molecule has 1 aliphatic heterocycles. The van der Waals surface area contributed by atoms with Crippen LogP contribution in [0.4, 0.5) is 0 Å². The molecule has 0 aliphatic carbocycles. The number of hydrogen-bond donors (Lipinski definition) is 2. The second kappa shape index (κ2) is 8.68. The van der Waals surface area contributed by atoms with Gasteiger partial charge < -0.3 is 14.7 Å². The predicted octanol–water partition coefficient (Wildman–Crippen LogP) is 2.26. The Labute approximate surface area is 179 Å². The van der Waals surface area contributed by atoms with Crippen LogP contribution in [0.25, 0.3) is 11.0 Å². The van der Waals surface area contributed by atoms with Crippen LogP contribution in [0.1, 0.15) is 24.8 Å². The monoisotopic (exact) mass is 443 g/mol. The lowest BCUT2D eigenvalue weighted by Gasteiger charge is -2.31. The number of piperidine rings is 1. The molecule has 8 nitrogen and oxygen atoms in total. The highest BCUT2D eigenvalue weighted by Gasteiger charge is 2.29. The van der Waals surface area contributed by atoms with Crippen molar-refractivity contribution >= 4 is 21.1 Å². The first-order valence-electron chi connectivity index (χ1n) is 10.3. The van der Waals surface area contributed by atoms with E-state index in [4.69, 9.17) is 4.74 Å². The lowest BCUT2D eigenvalue weighted by Crippen LogP contribution is -2.38. The van der Waals surface area contributed by atoms with Gasteiger partial charge in [0.25, 0.3) is 0 Å². The quantitative estimate of drug-likeness (QED) is 0.568. The van der Waals surface area contributed by atoms with Gasteiger partial charge in [0.2, 0.25) is 10.0 Å². The first-order chi connectivity index (χ1) is 14.9. The van der Waals surface area contributed by atoms with Crippen molar-refractivity contribution in [3.05, 3.63) is 68.7 Å². The van der Waals surface area contributed by atoms with E-state index in [0.29, 0.717) is 30.0 Å². The molecule has 2 heterocycles. The molecule has 31 heavy (non-hydrogen) atoms. The topological polar surface area (TPSA) is 112 Å². The van der Waals surface area contributed by atoms with E-state index in [1.54, 1.807) is 7.11 Å². The number of aromatic amines is 2. The predicted molar refractivity (Wildman–Crippen MR) is 118 cm³/mol. The summed E-state index contributed by atoms with van der Waals surface area (Å²) < 4.78 is 32.8. The SMILES string of the molecule is COc1ccc(CCC2CCN(S(=O)(=O)c3ccc4[nH]c(=O)c(=O)[nH]c4c3)CC2)cc1. The molecule has 1 fully saturated rings. The zero-order valence-electron chi connectivity index (χ0n) is 17.3. The average Bonchev–Trinajstić information content (AvgIpc) is 2.78. The highest BCUT2D eigenvalue weighted by atomic mass is 32.2. The van der Waals surface area contributed by atoms with E-state index in [-0.39, 0.29) is 4.90 Å². The van der Waals surface area contributed by atoms with Crippen molar-refractivity contribution in [3.63, 3.8) is 0 Å². The van der Waals surface area contributed by atoms with Gasteiger partial charge in [-0.2, -0.15) is 4.31 Å². The van der Waals surface area contributed by atoms with Crippen LogP contribution in [-0.4, -0.2) is 42.9 Å². The van der Waals surface area contributed by atoms with E-state index in [9.17, 15) is 18.0 Å². The van der Waals surface area contributed by atoms with E-state index >= 15 is 0 Å². The Morgan fingerprint density at radius 2 is 1.61 bits per heavy atom. The number of fused-ring (bicyclic) bond motifs is 1. The Hall–Kier alpha value is -2.91. The van der Waals surface area contributed by atoms with Crippen LogP contribution in [0.3, 0.4) is 0 Å². The summed E-state index contributed by atoms with van der Waals surface area (Å²) in [5.74, 6) is 1.32. The summed E-state index contributed by atoms with van der Waals surface area (Å²) in [5.41, 5.74) is 0.361. The number of H-pyrrole nitrogens is 2. The van der Waals surface area contributed by atoms with Crippen LogP contribution < -0.4 is 15.9 Å². The van der Waals surface area contributed by atoms with Crippen LogP contribution in [0.5, 0.6) is 5.75 Å². The molecule has 0 spiro atoms. The van der Waals surface area contributed by atoms with E-state index in [1.807, 2.05) is 12.1 Å². The number of aryl methyl sites for hydroxylation is 1. The molecule has 164 valence electrons. The molecule has 0 atom stereocenters. The summed E-state index contributed by atoms with van der Waals surface area (Å²) in [5, 5.41) is 0. The van der Waals surface area contributed by atoms with Crippen molar-refractivity contribution in [3.8, 4) is 5.75 Å².